The second-order valence-electron chi connectivity index (χ2n) is 5.04. The van der Waals surface area contributed by atoms with Gasteiger partial charge in [0.2, 0.25) is 11.8 Å². The van der Waals surface area contributed by atoms with Crippen LogP contribution in [0.25, 0.3) is 0 Å². The van der Waals surface area contributed by atoms with Crippen molar-refractivity contribution < 1.29 is 55.5 Å². The molecule has 0 aromatic carbocycles. The molecule has 0 radical (unpaired) electrons. The number of amides is 2. The Hall–Kier alpha value is 0.251. The Morgan fingerprint density at radius 2 is 1.14 bits per heavy atom. The molecule has 0 spiro atoms. The van der Waals surface area contributed by atoms with Gasteiger partial charge in [-0.25, -0.2) is 0 Å². The normalized spacial score (nSPS) is 9.81. The van der Waals surface area contributed by atoms with E-state index in [2.05, 4.69) is 10.6 Å². The Bertz CT molecular complexity index is 237. The maximum absolute atomic E-state index is 11.0. The Balaban J connectivity index is 0. The van der Waals surface area contributed by atoms with Crippen LogP contribution in [0.15, 0.2) is 0 Å². The largest absolute Gasteiger partial charge is 0.387 e. The summed E-state index contributed by atoms with van der Waals surface area (Å²) >= 11 is 0. The first-order valence-corrected chi connectivity index (χ1v) is 7.85. The van der Waals surface area contributed by atoms with E-state index in [9.17, 15) is 9.59 Å². The molecular weight excluding hydrogens is 400 g/mol. The van der Waals surface area contributed by atoms with Crippen LogP contribution in [0, 0.1) is 40.8 Å². The number of rotatable bonds is 13. The van der Waals surface area contributed by atoms with Gasteiger partial charge in [0.1, 0.15) is 6.61 Å². The smallest absolute Gasteiger partial charge is 0.245 e. The molecule has 0 aliphatic rings. The molecule has 0 saturated heterocycles. The summed E-state index contributed by atoms with van der Waals surface area (Å²) < 4.78 is 0. The molecule has 6 heteroatoms. The summed E-state index contributed by atoms with van der Waals surface area (Å²) in [5.41, 5.74) is 0. The number of hydrogen-bond acceptors (Lipinski definition) is 3. The standard InChI is InChI=1S/C15H30N2O3.Nd/c1-2-14(19)16-11-9-7-5-3-4-6-8-10-12-17-15(20)13-18;/h18H,2-13H2,1H3,(H,16,19)(H,17,20);. The van der Waals surface area contributed by atoms with Crippen LogP contribution < -0.4 is 10.6 Å². The zero-order chi connectivity index (χ0) is 15.1. The van der Waals surface area contributed by atoms with E-state index >= 15 is 0 Å². The predicted molar refractivity (Wildman–Crippen MR) is 80.3 cm³/mol. The van der Waals surface area contributed by atoms with Crippen molar-refractivity contribution in [2.45, 2.75) is 64.7 Å². The third kappa shape index (κ3) is 18.2. The average molecular weight is 431 g/mol. The van der Waals surface area contributed by atoms with Crippen LogP contribution >= 0.6 is 0 Å². The molecule has 0 aliphatic heterocycles. The topological polar surface area (TPSA) is 78.4 Å². The summed E-state index contributed by atoms with van der Waals surface area (Å²) in [5.74, 6) is -0.154. The van der Waals surface area contributed by atoms with Crippen molar-refractivity contribution in [3.63, 3.8) is 0 Å². The van der Waals surface area contributed by atoms with E-state index in [1.54, 1.807) is 0 Å². The van der Waals surface area contributed by atoms with Gasteiger partial charge in [0.15, 0.2) is 0 Å². The van der Waals surface area contributed by atoms with Crippen LogP contribution in [0.3, 0.4) is 0 Å². The number of carbonyl (C=O) groups is 2. The van der Waals surface area contributed by atoms with Crippen molar-refractivity contribution in [1.82, 2.24) is 10.6 Å². The van der Waals surface area contributed by atoms with Crippen molar-refractivity contribution in [3.05, 3.63) is 0 Å². The van der Waals surface area contributed by atoms with Crippen LogP contribution in [0.2, 0.25) is 0 Å². The molecule has 21 heavy (non-hydrogen) atoms. The zero-order valence-corrected chi connectivity index (χ0v) is 16.5. The molecule has 0 heterocycles. The molecule has 0 rings (SSSR count). The van der Waals surface area contributed by atoms with Gasteiger partial charge in [-0.05, 0) is 12.8 Å². The second kappa shape index (κ2) is 18.3. The van der Waals surface area contributed by atoms with Crippen LogP contribution in [0.4, 0.5) is 0 Å². The third-order valence-corrected chi connectivity index (χ3v) is 3.21. The summed E-state index contributed by atoms with van der Waals surface area (Å²) in [5, 5.41) is 14.0. The Morgan fingerprint density at radius 1 is 0.762 bits per heavy atom. The molecular formula is C15H30N2NdO3. The summed E-state index contributed by atoms with van der Waals surface area (Å²) in [6, 6.07) is 0. The van der Waals surface area contributed by atoms with Crippen molar-refractivity contribution in [2.75, 3.05) is 19.7 Å². The molecule has 122 valence electrons. The van der Waals surface area contributed by atoms with Crippen LogP contribution in [-0.2, 0) is 9.59 Å². The van der Waals surface area contributed by atoms with Crippen molar-refractivity contribution >= 4 is 11.8 Å². The monoisotopic (exact) mass is 428 g/mol. The number of nitrogens with one attached hydrogen (secondary N) is 2. The van der Waals surface area contributed by atoms with Gasteiger partial charge in [0.25, 0.3) is 0 Å². The molecule has 0 bridgehead atoms. The van der Waals surface area contributed by atoms with E-state index < -0.39 is 6.61 Å². The molecule has 3 N–H and O–H groups in total. The summed E-state index contributed by atoms with van der Waals surface area (Å²) in [6.07, 6.45) is 9.81. The average Bonchev–Trinajstić information content (AvgIpc) is 2.47. The number of hydrogen-bond donors (Lipinski definition) is 3. The fraction of sp³-hybridized carbons (Fsp3) is 0.867. The fourth-order valence-corrected chi connectivity index (χ4v) is 1.95. The zero-order valence-electron chi connectivity index (χ0n) is 13.2. The number of aliphatic hydroxyl groups is 1. The summed E-state index contributed by atoms with van der Waals surface area (Å²) in [6.45, 7) is 2.91. The van der Waals surface area contributed by atoms with Crippen LogP contribution in [-0.4, -0.2) is 36.6 Å². The number of unbranched alkanes of at least 4 members (excludes halogenated alkanes) is 7. The molecule has 0 aliphatic carbocycles. The van der Waals surface area contributed by atoms with Gasteiger partial charge >= 0.3 is 0 Å². The molecule has 0 fully saturated rings. The molecule has 0 unspecified atom stereocenters. The van der Waals surface area contributed by atoms with E-state index in [4.69, 9.17) is 5.11 Å². The molecule has 5 nitrogen and oxygen atoms in total. The minimum Gasteiger partial charge on any atom is -0.387 e. The van der Waals surface area contributed by atoms with Gasteiger partial charge in [0.05, 0.1) is 0 Å². The predicted octanol–water partition coefficient (Wildman–Crippen LogP) is 1.74. The van der Waals surface area contributed by atoms with Crippen LogP contribution in [0.5, 0.6) is 0 Å². The SMILES string of the molecule is CCC(=O)NCCCCCCCCCCNC(=O)CO.[Nd]. The van der Waals surface area contributed by atoms with Gasteiger partial charge in [-0.1, -0.05) is 45.4 Å². The summed E-state index contributed by atoms with van der Waals surface area (Å²) in [4.78, 5) is 21.7. The maximum Gasteiger partial charge on any atom is 0.245 e. The minimum atomic E-state index is -0.418. The molecule has 0 aromatic rings. The van der Waals surface area contributed by atoms with E-state index in [0.29, 0.717) is 13.0 Å². The Labute approximate surface area is 161 Å². The minimum absolute atomic E-state index is 0. The Kier molecular flexibility index (Phi) is 20.5. The van der Waals surface area contributed by atoms with Gasteiger partial charge < -0.3 is 15.7 Å². The quantitative estimate of drug-likeness (QED) is 0.390. The second-order valence-corrected chi connectivity index (χ2v) is 5.04. The maximum atomic E-state index is 11.0. The van der Waals surface area contributed by atoms with Crippen molar-refractivity contribution in [2.24, 2.45) is 0 Å². The first-order valence-electron chi connectivity index (χ1n) is 7.85. The third-order valence-electron chi connectivity index (χ3n) is 3.21. The number of carbonyl (C=O) groups excluding carboxylic acids is 2. The van der Waals surface area contributed by atoms with E-state index in [0.717, 1.165) is 25.8 Å². The van der Waals surface area contributed by atoms with E-state index in [1.165, 1.54) is 32.1 Å². The Morgan fingerprint density at radius 3 is 1.52 bits per heavy atom. The van der Waals surface area contributed by atoms with Crippen molar-refractivity contribution in [1.29, 1.82) is 0 Å². The van der Waals surface area contributed by atoms with Gasteiger partial charge in [-0.15, -0.1) is 0 Å². The van der Waals surface area contributed by atoms with E-state index in [-0.39, 0.29) is 52.7 Å². The molecule has 2 amide bonds. The summed E-state index contributed by atoms with van der Waals surface area (Å²) in [7, 11) is 0. The first-order chi connectivity index (χ1) is 9.70. The van der Waals surface area contributed by atoms with E-state index in [1.807, 2.05) is 6.92 Å². The first kappa shape index (κ1) is 23.5. The van der Waals surface area contributed by atoms with Gasteiger partial charge in [-0.2, -0.15) is 0 Å². The molecule has 0 atom stereocenters. The number of aliphatic hydroxyl groups excluding tert-OH is 1. The van der Waals surface area contributed by atoms with Crippen molar-refractivity contribution in [3.8, 4) is 0 Å². The molecule has 0 aromatic heterocycles. The fourth-order valence-electron chi connectivity index (χ4n) is 1.95. The van der Waals surface area contributed by atoms with Gasteiger partial charge in [0, 0.05) is 60.3 Å². The van der Waals surface area contributed by atoms with Gasteiger partial charge in [-0.3, -0.25) is 9.59 Å². The van der Waals surface area contributed by atoms with Crippen LogP contribution in [0.1, 0.15) is 64.7 Å². The molecule has 0 saturated carbocycles.